The summed E-state index contributed by atoms with van der Waals surface area (Å²) >= 11 is 3.19. The standard InChI is InChI=1S/C19H23BrF2N2O4S/c1-17(2,3)28-16(25)23-15-19(8-5-9-19)29(26,27)14(22)18(4,24-15)12-10-11(20)6-7-13(12)21/h6-7,10,14H,5,8-9H2,1-4H3,(H,23,24,25)/t14-,18+/m0/s1. The summed E-state index contributed by atoms with van der Waals surface area (Å²) in [6.45, 7) is 6.18. The van der Waals surface area contributed by atoms with Crippen LogP contribution in [0.25, 0.3) is 0 Å². The number of benzene rings is 1. The van der Waals surface area contributed by atoms with Crippen LogP contribution in [-0.4, -0.2) is 36.2 Å². The molecule has 3 rings (SSSR count). The van der Waals surface area contributed by atoms with Crippen molar-refractivity contribution in [2.24, 2.45) is 4.99 Å². The van der Waals surface area contributed by atoms with Gasteiger partial charge in [-0.25, -0.2) is 22.0 Å². The Kier molecular flexibility index (Phi) is 5.35. The number of aliphatic imine (C=N–C) groups is 1. The number of rotatable bonds is 1. The fraction of sp³-hybridized carbons (Fsp3) is 0.579. The molecule has 29 heavy (non-hydrogen) atoms. The van der Waals surface area contributed by atoms with E-state index in [-0.39, 0.29) is 24.2 Å². The zero-order valence-electron chi connectivity index (χ0n) is 16.6. The van der Waals surface area contributed by atoms with Gasteiger partial charge in [0.1, 0.15) is 27.5 Å². The first-order valence-electron chi connectivity index (χ1n) is 9.16. The Morgan fingerprint density at radius 1 is 1.34 bits per heavy atom. The largest absolute Gasteiger partial charge is 0.444 e. The molecule has 2 aliphatic rings. The number of alkyl carbamates (subject to hydrolysis) is 1. The molecule has 1 saturated carbocycles. The minimum absolute atomic E-state index is 0.126. The molecular formula is C19H23BrF2N2O4S. The van der Waals surface area contributed by atoms with Crippen molar-refractivity contribution in [1.82, 2.24) is 5.32 Å². The van der Waals surface area contributed by atoms with Crippen molar-refractivity contribution < 1.29 is 26.7 Å². The zero-order valence-corrected chi connectivity index (χ0v) is 19.0. The Morgan fingerprint density at radius 3 is 2.48 bits per heavy atom. The highest BCUT2D eigenvalue weighted by atomic mass is 79.9. The average molecular weight is 493 g/mol. The van der Waals surface area contributed by atoms with Crippen LogP contribution in [-0.2, 0) is 20.1 Å². The van der Waals surface area contributed by atoms with Crippen molar-refractivity contribution in [3.63, 3.8) is 0 Å². The minimum Gasteiger partial charge on any atom is -0.444 e. The number of nitrogens with zero attached hydrogens (tertiary/aromatic N) is 1. The van der Waals surface area contributed by atoms with E-state index in [1.807, 2.05) is 0 Å². The van der Waals surface area contributed by atoms with E-state index in [0.717, 1.165) is 6.07 Å². The second-order valence-electron chi connectivity index (χ2n) is 8.57. The first-order chi connectivity index (χ1) is 13.2. The van der Waals surface area contributed by atoms with Crippen LogP contribution in [0.1, 0.15) is 52.5 Å². The van der Waals surface area contributed by atoms with Crippen molar-refractivity contribution in [2.45, 2.75) is 68.3 Å². The maximum absolute atomic E-state index is 15.5. The van der Waals surface area contributed by atoms with E-state index in [0.29, 0.717) is 10.9 Å². The summed E-state index contributed by atoms with van der Waals surface area (Å²) in [7, 11) is -4.44. The molecule has 10 heteroatoms. The molecule has 1 aliphatic heterocycles. The molecule has 1 aromatic carbocycles. The summed E-state index contributed by atoms with van der Waals surface area (Å²) in [4.78, 5) is 16.6. The summed E-state index contributed by atoms with van der Waals surface area (Å²) in [5.41, 5.74) is -5.59. The number of ether oxygens (including phenoxy) is 1. The normalized spacial score (nSPS) is 27.7. The van der Waals surface area contributed by atoms with E-state index in [1.54, 1.807) is 20.8 Å². The molecule has 0 saturated heterocycles. The Hall–Kier alpha value is -1.55. The predicted octanol–water partition coefficient (Wildman–Crippen LogP) is 4.37. The molecule has 1 aliphatic carbocycles. The maximum Gasteiger partial charge on any atom is 0.413 e. The van der Waals surface area contributed by atoms with E-state index in [4.69, 9.17) is 4.74 Å². The molecule has 6 nitrogen and oxygen atoms in total. The first-order valence-corrected chi connectivity index (χ1v) is 11.5. The number of amidine groups is 1. The van der Waals surface area contributed by atoms with Gasteiger partial charge in [0.25, 0.3) is 0 Å². The number of amides is 1. The fourth-order valence-electron chi connectivity index (χ4n) is 3.65. The van der Waals surface area contributed by atoms with E-state index in [2.05, 4.69) is 26.2 Å². The van der Waals surface area contributed by atoms with E-state index >= 15 is 4.39 Å². The van der Waals surface area contributed by atoms with Crippen LogP contribution in [0.4, 0.5) is 13.6 Å². The lowest BCUT2D eigenvalue weighted by Gasteiger charge is -2.49. The number of carbonyl (C=O) groups is 1. The van der Waals surface area contributed by atoms with Crippen molar-refractivity contribution in [3.8, 4) is 0 Å². The van der Waals surface area contributed by atoms with Gasteiger partial charge in [-0.05, 0) is 65.2 Å². The van der Waals surface area contributed by atoms with Gasteiger partial charge in [-0.3, -0.25) is 10.3 Å². The van der Waals surface area contributed by atoms with Crippen LogP contribution in [0.15, 0.2) is 27.7 Å². The van der Waals surface area contributed by atoms with Gasteiger partial charge in [0.2, 0.25) is 5.50 Å². The molecule has 1 amide bonds. The number of hydrogen-bond donors (Lipinski definition) is 1. The molecule has 1 fully saturated rings. The third kappa shape index (κ3) is 3.58. The molecule has 1 aromatic rings. The lowest BCUT2D eigenvalue weighted by Crippen LogP contribution is -2.66. The summed E-state index contributed by atoms with van der Waals surface area (Å²) in [5.74, 6) is -0.993. The van der Waals surface area contributed by atoms with Gasteiger partial charge in [-0.1, -0.05) is 15.9 Å². The van der Waals surface area contributed by atoms with Gasteiger partial charge in [-0.2, -0.15) is 0 Å². The number of hydrogen-bond acceptors (Lipinski definition) is 5. The minimum atomic E-state index is -4.44. The third-order valence-electron chi connectivity index (χ3n) is 5.29. The van der Waals surface area contributed by atoms with Crippen molar-refractivity contribution in [1.29, 1.82) is 0 Å². The molecule has 2 atom stereocenters. The molecule has 160 valence electrons. The van der Waals surface area contributed by atoms with Crippen LogP contribution in [0.3, 0.4) is 0 Å². The van der Waals surface area contributed by atoms with Crippen LogP contribution >= 0.6 is 15.9 Å². The maximum atomic E-state index is 15.5. The van der Waals surface area contributed by atoms with Gasteiger partial charge in [0, 0.05) is 10.0 Å². The lowest BCUT2D eigenvalue weighted by atomic mass is 9.81. The second kappa shape index (κ2) is 7.01. The summed E-state index contributed by atoms with van der Waals surface area (Å²) in [5, 5.41) is 2.41. The van der Waals surface area contributed by atoms with E-state index < -0.39 is 43.1 Å². The molecule has 0 bridgehead atoms. The van der Waals surface area contributed by atoms with Crippen LogP contribution < -0.4 is 5.32 Å². The summed E-state index contributed by atoms with van der Waals surface area (Å²) in [6, 6.07) is 3.82. The number of nitrogens with one attached hydrogen (secondary N) is 1. The predicted molar refractivity (Wildman–Crippen MR) is 109 cm³/mol. The number of halogens is 3. The highest BCUT2D eigenvalue weighted by Gasteiger charge is 2.65. The van der Waals surface area contributed by atoms with E-state index in [9.17, 15) is 17.6 Å². The fourth-order valence-corrected chi connectivity index (χ4v) is 6.41. The average Bonchev–Trinajstić information content (AvgIpc) is 2.51. The molecule has 1 N–H and O–H groups in total. The first kappa shape index (κ1) is 22.1. The summed E-state index contributed by atoms with van der Waals surface area (Å²) in [6.07, 6.45) is -0.0988. The number of sulfone groups is 1. The SMILES string of the molecule is CC(C)(C)OC(=O)NC1=N[C@](C)(c2cc(Br)ccc2F)[C@@H](F)S(=O)(=O)C12CCC2. The molecule has 1 heterocycles. The molecule has 0 unspecified atom stereocenters. The van der Waals surface area contributed by atoms with Crippen molar-refractivity contribution >= 4 is 37.7 Å². The topological polar surface area (TPSA) is 84.8 Å². The van der Waals surface area contributed by atoms with Gasteiger partial charge in [0.15, 0.2) is 9.84 Å². The number of alkyl halides is 1. The molecule has 0 radical (unpaired) electrons. The van der Waals surface area contributed by atoms with Gasteiger partial charge in [-0.15, -0.1) is 0 Å². The Labute approximate surface area is 177 Å². The zero-order chi connectivity index (χ0) is 21.8. The Morgan fingerprint density at radius 2 is 1.97 bits per heavy atom. The summed E-state index contributed by atoms with van der Waals surface area (Å²) < 4.78 is 60.5. The van der Waals surface area contributed by atoms with Gasteiger partial charge >= 0.3 is 6.09 Å². The quantitative estimate of drug-likeness (QED) is 0.630. The van der Waals surface area contributed by atoms with Crippen molar-refractivity contribution in [2.75, 3.05) is 0 Å². The smallest absolute Gasteiger partial charge is 0.413 e. The molecular weight excluding hydrogens is 470 g/mol. The van der Waals surface area contributed by atoms with Crippen LogP contribution in [0.2, 0.25) is 0 Å². The molecule has 1 spiro atoms. The van der Waals surface area contributed by atoms with Crippen molar-refractivity contribution in [3.05, 3.63) is 34.1 Å². The van der Waals surface area contributed by atoms with E-state index in [1.165, 1.54) is 19.1 Å². The van der Waals surface area contributed by atoms with Crippen LogP contribution in [0.5, 0.6) is 0 Å². The second-order valence-corrected chi connectivity index (χ2v) is 11.8. The van der Waals surface area contributed by atoms with Gasteiger partial charge < -0.3 is 4.74 Å². The Bertz CT molecular complexity index is 986. The van der Waals surface area contributed by atoms with Gasteiger partial charge in [0.05, 0.1) is 0 Å². The highest BCUT2D eigenvalue weighted by Crippen LogP contribution is 2.51. The Balaban J connectivity index is 2.16. The lowest BCUT2D eigenvalue weighted by molar-refractivity contribution is 0.0558. The monoisotopic (exact) mass is 492 g/mol. The third-order valence-corrected chi connectivity index (χ3v) is 8.48. The number of carbonyl (C=O) groups excluding carboxylic acids is 1. The molecule has 0 aromatic heterocycles. The van der Waals surface area contributed by atoms with Crippen LogP contribution in [0, 0.1) is 5.82 Å². The highest BCUT2D eigenvalue weighted by molar-refractivity contribution is 9.10.